The largest absolute Gasteiger partial charge is 0.450 e. The molecule has 0 spiro atoms. The quantitative estimate of drug-likeness (QED) is 0.238. The molecular formula is C31H31N7O5S2. The van der Waals surface area contributed by atoms with Gasteiger partial charge in [-0.1, -0.05) is 48.2 Å². The standard InChI is InChI=1S/C31H31N7O5S2/c1-5-43-30(42)35-15-13-34(14-16-35)26-22(27(39)36-18-19(2)11-12-24(36)32-26)17-23-28(40)37(31(44)45-23)25-20(3)33(4)38(29(25)41)21-9-7-6-8-10-21/h6-12,17-18H,5,13-16H2,1-4H3. The SMILES string of the molecule is CCOC(=O)N1CCN(c2nc3ccc(C)cn3c(=O)c2C=C2SC(=S)N(c3c(C)n(C)n(-c4ccccc4)c3=O)C2=O)CC1. The van der Waals surface area contributed by atoms with E-state index in [-0.39, 0.29) is 44.3 Å². The molecule has 0 bridgehead atoms. The smallest absolute Gasteiger partial charge is 0.409 e. The molecule has 2 aliphatic rings. The number of aryl methyl sites for hydroxylation is 1. The number of thioether (sulfide) groups is 1. The van der Waals surface area contributed by atoms with Crippen molar-refractivity contribution in [3.63, 3.8) is 0 Å². The van der Waals surface area contributed by atoms with Crippen LogP contribution in [0.2, 0.25) is 0 Å². The molecule has 0 N–H and O–H groups in total. The second-order valence-electron chi connectivity index (χ2n) is 10.7. The molecule has 14 heteroatoms. The number of hydrogen-bond acceptors (Lipinski definition) is 9. The Hall–Kier alpha value is -4.69. The van der Waals surface area contributed by atoms with Crippen LogP contribution in [0.4, 0.5) is 16.3 Å². The number of benzene rings is 1. The first kappa shape index (κ1) is 30.3. The fourth-order valence-electron chi connectivity index (χ4n) is 5.53. The fraction of sp³-hybridized carbons (Fsp3) is 0.290. The predicted octanol–water partition coefficient (Wildman–Crippen LogP) is 3.49. The van der Waals surface area contributed by atoms with Gasteiger partial charge in [-0.2, -0.15) is 0 Å². The van der Waals surface area contributed by atoms with E-state index < -0.39 is 5.91 Å². The Morgan fingerprint density at radius 2 is 1.73 bits per heavy atom. The Morgan fingerprint density at radius 3 is 2.42 bits per heavy atom. The van der Waals surface area contributed by atoms with Crippen molar-refractivity contribution in [2.24, 2.45) is 7.05 Å². The number of anilines is 2. The van der Waals surface area contributed by atoms with Crippen molar-refractivity contribution < 1.29 is 14.3 Å². The Morgan fingerprint density at radius 1 is 1.02 bits per heavy atom. The van der Waals surface area contributed by atoms with Crippen LogP contribution in [-0.2, 0) is 16.6 Å². The molecule has 5 heterocycles. The van der Waals surface area contributed by atoms with Gasteiger partial charge in [0, 0.05) is 39.4 Å². The molecule has 0 aliphatic carbocycles. The number of pyridine rings is 1. The van der Waals surface area contributed by atoms with Gasteiger partial charge < -0.3 is 14.5 Å². The molecule has 232 valence electrons. The number of ether oxygens (including phenoxy) is 1. The average molecular weight is 646 g/mol. The van der Waals surface area contributed by atoms with Crippen molar-refractivity contribution in [1.29, 1.82) is 0 Å². The summed E-state index contributed by atoms with van der Waals surface area (Å²) in [6.45, 7) is 7.28. The highest BCUT2D eigenvalue weighted by Gasteiger charge is 2.38. The first-order valence-electron chi connectivity index (χ1n) is 14.4. The lowest BCUT2D eigenvalue weighted by atomic mass is 10.2. The van der Waals surface area contributed by atoms with Crippen LogP contribution in [-0.4, -0.2) is 72.8 Å². The van der Waals surface area contributed by atoms with Crippen molar-refractivity contribution in [3.8, 4) is 5.69 Å². The lowest BCUT2D eigenvalue weighted by Crippen LogP contribution is -2.49. The maximum absolute atomic E-state index is 14.0. The van der Waals surface area contributed by atoms with Gasteiger partial charge in [0.15, 0.2) is 4.32 Å². The second-order valence-corrected chi connectivity index (χ2v) is 12.4. The summed E-state index contributed by atoms with van der Waals surface area (Å²) in [7, 11) is 1.75. The van der Waals surface area contributed by atoms with E-state index in [1.54, 1.807) is 42.7 Å². The topological polar surface area (TPSA) is 114 Å². The third-order valence-corrected chi connectivity index (χ3v) is 9.21. The molecule has 1 aromatic carbocycles. The van der Waals surface area contributed by atoms with Crippen molar-refractivity contribution >= 4 is 63.5 Å². The molecule has 0 saturated carbocycles. The molecular weight excluding hydrogens is 615 g/mol. The molecule has 6 rings (SSSR count). The number of carbonyl (C=O) groups is 2. The number of carbonyl (C=O) groups excluding carboxylic acids is 2. The van der Waals surface area contributed by atoms with E-state index in [2.05, 4.69) is 0 Å². The minimum Gasteiger partial charge on any atom is -0.450 e. The molecule has 0 radical (unpaired) electrons. The number of rotatable bonds is 5. The van der Waals surface area contributed by atoms with Gasteiger partial charge in [-0.25, -0.2) is 14.5 Å². The molecule has 2 amide bonds. The maximum Gasteiger partial charge on any atom is 0.409 e. The first-order chi connectivity index (χ1) is 21.6. The number of fused-ring (bicyclic) bond motifs is 1. The summed E-state index contributed by atoms with van der Waals surface area (Å²) in [6, 6.07) is 12.8. The minimum absolute atomic E-state index is 0.159. The van der Waals surface area contributed by atoms with Crippen molar-refractivity contribution in [3.05, 3.63) is 91.1 Å². The maximum atomic E-state index is 14.0. The van der Waals surface area contributed by atoms with E-state index in [1.165, 1.54) is 20.1 Å². The van der Waals surface area contributed by atoms with E-state index in [0.717, 1.165) is 17.3 Å². The summed E-state index contributed by atoms with van der Waals surface area (Å²) in [5, 5.41) is 0. The molecule has 0 unspecified atom stereocenters. The highest BCUT2D eigenvalue weighted by Crippen LogP contribution is 2.37. The zero-order valence-corrected chi connectivity index (χ0v) is 26.9. The lowest BCUT2D eigenvalue weighted by molar-refractivity contribution is -0.113. The van der Waals surface area contributed by atoms with Crippen LogP contribution in [0.25, 0.3) is 17.4 Å². The lowest BCUT2D eigenvalue weighted by Gasteiger charge is -2.35. The summed E-state index contributed by atoms with van der Waals surface area (Å²) in [5.74, 6) is -0.0946. The summed E-state index contributed by atoms with van der Waals surface area (Å²) in [6.07, 6.45) is 2.84. The summed E-state index contributed by atoms with van der Waals surface area (Å²) >= 11 is 6.67. The average Bonchev–Trinajstić information content (AvgIpc) is 3.43. The Kier molecular flexibility index (Phi) is 8.10. The van der Waals surface area contributed by atoms with Crippen molar-refractivity contribution in [1.82, 2.24) is 23.6 Å². The van der Waals surface area contributed by atoms with Crippen molar-refractivity contribution in [2.75, 3.05) is 42.6 Å². The van der Waals surface area contributed by atoms with Gasteiger partial charge in [0.2, 0.25) is 0 Å². The van der Waals surface area contributed by atoms with Crippen LogP contribution >= 0.6 is 24.0 Å². The third kappa shape index (κ3) is 5.33. The van der Waals surface area contributed by atoms with Gasteiger partial charge in [-0.15, -0.1) is 0 Å². The summed E-state index contributed by atoms with van der Waals surface area (Å²) in [5.41, 5.74) is 2.18. The molecule has 12 nitrogen and oxygen atoms in total. The molecule has 4 aromatic rings. The van der Waals surface area contributed by atoms with Gasteiger partial charge in [0.05, 0.1) is 28.5 Å². The van der Waals surface area contributed by atoms with Gasteiger partial charge in [-0.3, -0.25) is 28.4 Å². The first-order valence-corrected chi connectivity index (χ1v) is 15.6. The number of piperazine rings is 1. The number of hydrogen-bond donors (Lipinski definition) is 0. The Labute approximate surface area is 268 Å². The van der Waals surface area contributed by atoms with E-state index in [1.807, 2.05) is 48.2 Å². The molecule has 2 aliphatic heterocycles. The number of amides is 2. The van der Waals surface area contributed by atoms with Crippen LogP contribution in [0.15, 0.2) is 63.2 Å². The van der Waals surface area contributed by atoms with Gasteiger partial charge in [0.1, 0.15) is 17.2 Å². The van der Waals surface area contributed by atoms with E-state index in [9.17, 15) is 19.2 Å². The van der Waals surface area contributed by atoms with Gasteiger partial charge in [-0.05, 0) is 50.6 Å². The fourth-order valence-corrected chi connectivity index (χ4v) is 6.79. The molecule has 3 aromatic heterocycles. The van der Waals surface area contributed by atoms with E-state index in [0.29, 0.717) is 49.0 Å². The Bertz CT molecular complexity index is 2010. The minimum atomic E-state index is -0.497. The number of thiocarbonyl (C=S) groups is 1. The van der Waals surface area contributed by atoms with Gasteiger partial charge in [0.25, 0.3) is 17.0 Å². The summed E-state index contributed by atoms with van der Waals surface area (Å²) < 4.78 is 9.97. The molecule has 2 saturated heterocycles. The van der Waals surface area contributed by atoms with Crippen LogP contribution in [0.1, 0.15) is 23.7 Å². The molecule has 45 heavy (non-hydrogen) atoms. The molecule has 0 atom stereocenters. The third-order valence-electron chi connectivity index (χ3n) is 7.91. The monoisotopic (exact) mass is 645 g/mol. The number of para-hydroxylation sites is 1. The van der Waals surface area contributed by atoms with Gasteiger partial charge >= 0.3 is 6.09 Å². The second kappa shape index (κ2) is 12.0. The zero-order valence-electron chi connectivity index (χ0n) is 25.2. The zero-order chi connectivity index (χ0) is 32.0. The van der Waals surface area contributed by atoms with Crippen LogP contribution < -0.4 is 20.9 Å². The summed E-state index contributed by atoms with van der Waals surface area (Å²) in [4.78, 5) is 63.8. The van der Waals surface area contributed by atoms with Crippen molar-refractivity contribution in [2.45, 2.75) is 20.8 Å². The molecule has 2 fully saturated rings. The number of nitrogens with zero attached hydrogens (tertiary/aromatic N) is 7. The van der Waals surface area contributed by atoms with E-state index >= 15 is 0 Å². The van der Waals surface area contributed by atoms with Crippen LogP contribution in [0.3, 0.4) is 0 Å². The predicted molar refractivity (Wildman–Crippen MR) is 178 cm³/mol. The van der Waals surface area contributed by atoms with Crippen LogP contribution in [0, 0.1) is 13.8 Å². The highest BCUT2D eigenvalue weighted by atomic mass is 32.2. The highest BCUT2D eigenvalue weighted by molar-refractivity contribution is 8.27. The van der Waals surface area contributed by atoms with E-state index in [4.69, 9.17) is 21.9 Å². The number of aromatic nitrogens is 4. The Balaban J connectivity index is 1.41. The van der Waals surface area contributed by atoms with Crippen LogP contribution in [0.5, 0.6) is 0 Å². The normalized spacial score (nSPS) is 16.4.